The first-order chi connectivity index (χ1) is 7.06. The summed E-state index contributed by atoms with van der Waals surface area (Å²) in [6.07, 6.45) is 3.47. The topological polar surface area (TPSA) is 12.5 Å². The van der Waals surface area contributed by atoms with Gasteiger partial charge in [-0.3, -0.25) is 0 Å². The Hall–Kier alpha value is 0.270. The molecule has 16 heavy (non-hydrogen) atoms. The van der Waals surface area contributed by atoms with E-state index >= 15 is 0 Å². The Labute approximate surface area is 106 Å². The van der Waals surface area contributed by atoms with Crippen LogP contribution < -0.4 is 0 Å². The summed E-state index contributed by atoms with van der Waals surface area (Å²) in [5.74, 6) is 0. The Kier molecular flexibility index (Phi) is 6.38. The van der Waals surface area contributed by atoms with Crippen LogP contribution in [0, 0.1) is 10.8 Å². The van der Waals surface area contributed by atoms with Crippen molar-refractivity contribution in [3.63, 3.8) is 0 Å². The zero-order valence-electron chi connectivity index (χ0n) is 12.3. The Morgan fingerprint density at radius 2 is 1.62 bits per heavy atom. The number of rotatable bonds is 5. The van der Waals surface area contributed by atoms with Crippen molar-refractivity contribution < 1.29 is 4.74 Å². The van der Waals surface area contributed by atoms with E-state index in [1.165, 1.54) is 0 Å². The highest BCUT2D eigenvalue weighted by atomic mass is 32.2. The van der Waals surface area contributed by atoms with E-state index in [2.05, 4.69) is 59.2 Å². The molecule has 98 valence electrons. The van der Waals surface area contributed by atoms with Gasteiger partial charge in [-0.15, -0.1) is 0 Å². The summed E-state index contributed by atoms with van der Waals surface area (Å²) >= 11 is 1.70. The maximum atomic E-state index is 6.04. The van der Waals surface area contributed by atoms with Gasteiger partial charge in [-0.25, -0.2) is 4.31 Å². The molecular weight excluding hydrogens is 218 g/mol. The van der Waals surface area contributed by atoms with Crippen LogP contribution in [0.5, 0.6) is 0 Å². The Balaban J connectivity index is 4.35. The molecule has 0 aliphatic rings. The molecule has 0 fully saturated rings. The van der Waals surface area contributed by atoms with Gasteiger partial charge in [-0.2, -0.15) is 0 Å². The molecule has 0 N–H and O–H groups in total. The molecule has 1 unspecified atom stereocenters. The molecule has 0 heterocycles. The third kappa shape index (κ3) is 7.53. The molecule has 0 saturated carbocycles. The number of hydrogen-bond acceptors (Lipinski definition) is 3. The smallest absolute Gasteiger partial charge is 0.108 e. The molecule has 0 spiro atoms. The Bertz CT molecular complexity index is 193. The highest BCUT2D eigenvalue weighted by molar-refractivity contribution is 7.96. The highest BCUT2D eigenvalue weighted by Gasteiger charge is 2.29. The predicted octanol–water partition coefficient (Wildman–Crippen LogP) is 4.02. The minimum Gasteiger partial charge on any atom is -0.361 e. The monoisotopic (exact) mass is 247 g/mol. The van der Waals surface area contributed by atoms with Crippen LogP contribution in [0.15, 0.2) is 0 Å². The summed E-state index contributed by atoms with van der Waals surface area (Å²) < 4.78 is 8.15. The van der Waals surface area contributed by atoms with Gasteiger partial charge in [-0.1, -0.05) is 53.5 Å². The van der Waals surface area contributed by atoms with E-state index in [9.17, 15) is 0 Å². The minimum atomic E-state index is 0.201. The van der Waals surface area contributed by atoms with Crippen LogP contribution in [0.1, 0.15) is 48.0 Å². The molecular formula is C13H29NOS. The van der Waals surface area contributed by atoms with Crippen molar-refractivity contribution in [2.24, 2.45) is 10.8 Å². The summed E-state index contributed by atoms with van der Waals surface area (Å²) in [5.41, 5.74) is 0.516. The molecule has 0 amide bonds. The van der Waals surface area contributed by atoms with Gasteiger partial charge < -0.3 is 4.74 Å². The van der Waals surface area contributed by atoms with E-state index in [1.807, 2.05) is 0 Å². The highest BCUT2D eigenvalue weighted by Crippen LogP contribution is 2.32. The molecule has 0 bridgehead atoms. The van der Waals surface area contributed by atoms with E-state index in [-0.39, 0.29) is 5.41 Å². The second-order valence-electron chi connectivity index (χ2n) is 6.73. The van der Waals surface area contributed by atoms with Crippen LogP contribution in [-0.4, -0.2) is 30.4 Å². The maximum absolute atomic E-state index is 6.04. The second kappa shape index (κ2) is 6.27. The fourth-order valence-corrected chi connectivity index (χ4v) is 1.59. The zero-order chi connectivity index (χ0) is 13.0. The van der Waals surface area contributed by atoms with E-state index in [0.29, 0.717) is 18.2 Å². The maximum Gasteiger partial charge on any atom is 0.108 e. The van der Waals surface area contributed by atoms with Crippen LogP contribution in [0.2, 0.25) is 0 Å². The van der Waals surface area contributed by atoms with Gasteiger partial charge in [0.2, 0.25) is 0 Å². The molecule has 0 aliphatic heterocycles. The van der Waals surface area contributed by atoms with Gasteiger partial charge >= 0.3 is 0 Å². The van der Waals surface area contributed by atoms with Crippen molar-refractivity contribution in [2.75, 3.05) is 20.0 Å². The van der Waals surface area contributed by atoms with Crippen LogP contribution >= 0.6 is 11.9 Å². The fraction of sp³-hybridized carbons (Fsp3) is 1.00. The lowest BCUT2D eigenvalue weighted by Gasteiger charge is -2.36. The second-order valence-corrected chi connectivity index (χ2v) is 7.71. The molecule has 2 nitrogen and oxygen atoms in total. The lowest BCUT2D eigenvalue weighted by Crippen LogP contribution is -2.35. The average Bonchev–Trinajstić information content (AvgIpc) is 2.08. The van der Waals surface area contributed by atoms with Gasteiger partial charge in [0.25, 0.3) is 0 Å². The molecule has 0 aromatic carbocycles. The van der Waals surface area contributed by atoms with Gasteiger partial charge in [-0.05, 0) is 30.6 Å². The standard InChI is InChI=1S/C13H29NOS/c1-12(2,3)9-11(13(4,5)6)15-10-14(7)16-8/h11H,9-10H2,1-8H3. The first-order valence-corrected chi connectivity index (χ1v) is 7.11. The molecule has 0 radical (unpaired) electrons. The van der Waals surface area contributed by atoms with Crippen LogP contribution in [-0.2, 0) is 4.74 Å². The number of nitrogens with zero attached hydrogens (tertiary/aromatic N) is 1. The van der Waals surface area contributed by atoms with E-state index in [4.69, 9.17) is 4.74 Å². The Morgan fingerprint density at radius 3 is 1.94 bits per heavy atom. The average molecular weight is 247 g/mol. The molecule has 0 aromatic heterocycles. The fourth-order valence-electron chi connectivity index (χ4n) is 1.42. The molecule has 0 saturated heterocycles. The largest absolute Gasteiger partial charge is 0.361 e. The van der Waals surface area contributed by atoms with Crippen molar-refractivity contribution in [3.05, 3.63) is 0 Å². The summed E-state index contributed by atoms with van der Waals surface area (Å²) in [6.45, 7) is 14.3. The Morgan fingerprint density at radius 1 is 1.12 bits per heavy atom. The van der Waals surface area contributed by atoms with Gasteiger partial charge in [0.15, 0.2) is 0 Å². The van der Waals surface area contributed by atoms with Crippen molar-refractivity contribution in [1.29, 1.82) is 0 Å². The lowest BCUT2D eigenvalue weighted by molar-refractivity contribution is -0.0613. The predicted molar refractivity (Wildman–Crippen MR) is 74.5 cm³/mol. The summed E-state index contributed by atoms with van der Waals surface area (Å²) in [5, 5.41) is 0. The van der Waals surface area contributed by atoms with E-state index in [0.717, 1.165) is 6.42 Å². The first kappa shape index (κ1) is 16.3. The number of ether oxygens (including phenoxy) is 1. The molecule has 0 aliphatic carbocycles. The molecule has 1 atom stereocenters. The van der Waals surface area contributed by atoms with Crippen LogP contribution in [0.25, 0.3) is 0 Å². The minimum absolute atomic E-state index is 0.201. The summed E-state index contributed by atoms with van der Waals surface area (Å²) in [4.78, 5) is 0. The van der Waals surface area contributed by atoms with Gasteiger partial charge in [0.1, 0.15) is 6.73 Å². The van der Waals surface area contributed by atoms with Crippen molar-refractivity contribution in [3.8, 4) is 0 Å². The van der Waals surface area contributed by atoms with Gasteiger partial charge in [0.05, 0.1) is 6.10 Å². The first-order valence-electron chi connectivity index (χ1n) is 5.93. The van der Waals surface area contributed by atoms with Crippen LogP contribution in [0.4, 0.5) is 0 Å². The zero-order valence-corrected chi connectivity index (χ0v) is 13.1. The summed E-state index contributed by atoms with van der Waals surface area (Å²) in [6, 6.07) is 0. The van der Waals surface area contributed by atoms with Gasteiger partial charge in [0, 0.05) is 0 Å². The lowest BCUT2D eigenvalue weighted by atomic mass is 9.78. The molecule has 3 heteroatoms. The van der Waals surface area contributed by atoms with E-state index < -0.39 is 0 Å². The number of hydrogen-bond donors (Lipinski definition) is 0. The normalized spacial score (nSPS) is 15.6. The van der Waals surface area contributed by atoms with Crippen LogP contribution in [0.3, 0.4) is 0 Å². The molecule has 0 rings (SSSR count). The SMILES string of the molecule is CSN(C)COC(CC(C)(C)C)C(C)(C)C. The summed E-state index contributed by atoms with van der Waals surface area (Å²) in [7, 11) is 2.06. The third-order valence-electron chi connectivity index (χ3n) is 2.53. The van der Waals surface area contributed by atoms with E-state index in [1.54, 1.807) is 11.9 Å². The van der Waals surface area contributed by atoms with Crippen molar-refractivity contribution in [2.45, 2.75) is 54.1 Å². The van der Waals surface area contributed by atoms with Crippen molar-refractivity contribution in [1.82, 2.24) is 4.31 Å². The quantitative estimate of drug-likeness (QED) is 0.538. The van der Waals surface area contributed by atoms with Crippen molar-refractivity contribution >= 4 is 11.9 Å². The third-order valence-corrected chi connectivity index (χ3v) is 3.26. The molecule has 0 aromatic rings.